The smallest absolute Gasteiger partial charge is 0.195 e. The van der Waals surface area contributed by atoms with Crippen LogP contribution < -0.4 is 5.32 Å². The Bertz CT molecular complexity index is 186. The first-order valence-corrected chi connectivity index (χ1v) is 5.11. The Hall–Kier alpha value is -0.340. The molecular formula is C11H22NO+. The first kappa shape index (κ1) is 10.7. The van der Waals surface area contributed by atoms with E-state index < -0.39 is 0 Å². The van der Waals surface area contributed by atoms with Gasteiger partial charge in [-0.15, -0.1) is 0 Å². The third-order valence-corrected chi connectivity index (χ3v) is 2.60. The lowest BCUT2D eigenvalue weighted by atomic mass is 9.86. The highest BCUT2D eigenvalue weighted by Gasteiger charge is 2.35. The van der Waals surface area contributed by atoms with Gasteiger partial charge in [-0.2, -0.15) is 0 Å². The Morgan fingerprint density at radius 1 is 1.54 bits per heavy atom. The molecule has 1 aliphatic heterocycles. The van der Waals surface area contributed by atoms with E-state index >= 15 is 0 Å². The molecule has 0 bridgehead atoms. The summed E-state index contributed by atoms with van der Waals surface area (Å²) in [7, 11) is 0. The topological polar surface area (TPSA) is 25.8 Å². The minimum Gasteiger partial charge on any atom is -0.323 e. The van der Waals surface area contributed by atoms with Gasteiger partial charge in [0, 0.05) is 5.41 Å². The van der Waals surface area contributed by atoms with Crippen LogP contribution in [0.3, 0.4) is 0 Å². The van der Waals surface area contributed by atoms with Gasteiger partial charge in [-0.1, -0.05) is 25.5 Å². The van der Waals surface area contributed by atoms with E-state index in [0.717, 1.165) is 19.6 Å². The molecule has 0 unspecified atom stereocenters. The molecule has 0 aromatic heterocycles. The van der Waals surface area contributed by atoms with Crippen LogP contribution in [0.2, 0.25) is 0 Å². The fourth-order valence-corrected chi connectivity index (χ4v) is 1.61. The Labute approximate surface area is 81.4 Å². The standard InChI is InChI=1S/C11H21NO/c1-9(2)5-6-11(3,4)10-12-7-8-13-10/h5,10,12H,6-8H2,1-4H3/p+1/t10-/m1/s1. The van der Waals surface area contributed by atoms with Crippen LogP contribution in [0.25, 0.3) is 0 Å². The summed E-state index contributed by atoms with van der Waals surface area (Å²) in [5, 5.41) is 2.30. The van der Waals surface area contributed by atoms with Crippen LogP contribution in [-0.2, 0) is 4.74 Å². The van der Waals surface area contributed by atoms with Gasteiger partial charge in [-0.3, -0.25) is 0 Å². The van der Waals surface area contributed by atoms with Gasteiger partial charge in [0.05, 0.1) is 0 Å². The van der Waals surface area contributed by atoms with E-state index in [-0.39, 0.29) is 5.41 Å². The van der Waals surface area contributed by atoms with E-state index in [1.807, 2.05) is 0 Å². The monoisotopic (exact) mass is 184 g/mol. The lowest BCUT2D eigenvalue weighted by molar-refractivity contribution is -0.704. The first-order valence-electron chi connectivity index (χ1n) is 5.11. The summed E-state index contributed by atoms with van der Waals surface area (Å²) in [6.45, 7) is 10.9. The zero-order chi connectivity index (χ0) is 9.90. The van der Waals surface area contributed by atoms with Crippen LogP contribution >= 0.6 is 0 Å². The van der Waals surface area contributed by atoms with Crippen molar-refractivity contribution < 1.29 is 10.1 Å². The second kappa shape index (κ2) is 4.25. The van der Waals surface area contributed by atoms with Crippen molar-refractivity contribution in [3.63, 3.8) is 0 Å². The average Bonchev–Trinajstić information content (AvgIpc) is 2.53. The molecule has 0 radical (unpaired) electrons. The fraction of sp³-hybridized carbons (Fsp3) is 0.818. The van der Waals surface area contributed by atoms with Crippen LogP contribution in [0.5, 0.6) is 0 Å². The van der Waals surface area contributed by atoms with E-state index in [1.54, 1.807) is 0 Å². The summed E-state index contributed by atoms with van der Waals surface area (Å²) in [5.41, 5.74) is 1.65. The maximum Gasteiger partial charge on any atom is 0.195 e. The zero-order valence-electron chi connectivity index (χ0n) is 9.26. The lowest BCUT2D eigenvalue weighted by Crippen LogP contribution is -2.89. The molecule has 0 spiro atoms. The van der Waals surface area contributed by atoms with Crippen molar-refractivity contribution in [1.29, 1.82) is 0 Å². The predicted molar refractivity (Wildman–Crippen MR) is 54.4 cm³/mol. The molecule has 1 atom stereocenters. The van der Waals surface area contributed by atoms with Crippen molar-refractivity contribution in [2.24, 2.45) is 5.41 Å². The molecule has 1 heterocycles. The average molecular weight is 184 g/mol. The molecule has 0 aromatic rings. The summed E-state index contributed by atoms with van der Waals surface area (Å²) in [4.78, 5) is 0. The van der Waals surface area contributed by atoms with E-state index in [0.29, 0.717) is 6.23 Å². The third-order valence-electron chi connectivity index (χ3n) is 2.60. The number of nitrogens with two attached hydrogens (primary N) is 1. The molecule has 2 heteroatoms. The van der Waals surface area contributed by atoms with Gasteiger partial charge in [0.1, 0.15) is 13.2 Å². The Morgan fingerprint density at radius 3 is 2.69 bits per heavy atom. The van der Waals surface area contributed by atoms with Crippen molar-refractivity contribution in [3.05, 3.63) is 11.6 Å². The number of quaternary nitrogens is 1. The van der Waals surface area contributed by atoms with Crippen molar-refractivity contribution in [1.82, 2.24) is 0 Å². The summed E-state index contributed by atoms with van der Waals surface area (Å²) >= 11 is 0. The van der Waals surface area contributed by atoms with Crippen molar-refractivity contribution in [3.8, 4) is 0 Å². The molecule has 0 amide bonds. The Kier molecular flexibility index (Phi) is 3.51. The number of ether oxygens (including phenoxy) is 1. The van der Waals surface area contributed by atoms with E-state index in [9.17, 15) is 0 Å². The Morgan fingerprint density at radius 2 is 2.23 bits per heavy atom. The molecule has 2 N–H and O–H groups in total. The maximum absolute atomic E-state index is 5.67. The SMILES string of the molecule is CC(C)=CCC(C)(C)[C@@H]1[NH2+]CCO1. The minimum absolute atomic E-state index is 0.258. The molecule has 76 valence electrons. The van der Waals surface area contributed by atoms with Crippen molar-refractivity contribution >= 4 is 0 Å². The van der Waals surface area contributed by atoms with E-state index in [2.05, 4.69) is 39.1 Å². The van der Waals surface area contributed by atoms with Crippen molar-refractivity contribution in [2.75, 3.05) is 13.2 Å². The predicted octanol–water partition coefficient (Wildman–Crippen LogP) is 1.29. The molecule has 1 fully saturated rings. The molecule has 0 aliphatic carbocycles. The minimum atomic E-state index is 0.258. The second-order valence-electron chi connectivity index (χ2n) is 4.79. The zero-order valence-corrected chi connectivity index (χ0v) is 9.26. The van der Waals surface area contributed by atoms with Gasteiger partial charge in [0.2, 0.25) is 0 Å². The largest absolute Gasteiger partial charge is 0.323 e. The molecular weight excluding hydrogens is 162 g/mol. The normalized spacial score (nSPS) is 23.2. The number of rotatable bonds is 3. The Balaban J connectivity index is 2.48. The van der Waals surface area contributed by atoms with Crippen LogP contribution in [-0.4, -0.2) is 19.4 Å². The highest BCUT2D eigenvalue weighted by atomic mass is 16.5. The highest BCUT2D eigenvalue weighted by Crippen LogP contribution is 2.26. The van der Waals surface area contributed by atoms with Crippen LogP contribution in [0.15, 0.2) is 11.6 Å². The second-order valence-corrected chi connectivity index (χ2v) is 4.79. The van der Waals surface area contributed by atoms with E-state index in [4.69, 9.17) is 4.74 Å². The highest BCUT2D eigenvalue weighted by molar-refractivity contribution is 4.96. The van der Waals surface area contributed by atoms with E-state index in [1.165, 1.54) is 5.57 Å². The maximum atomic E-state index is 5.67. The molecule has 13 heavy (non-hydrogen) atoms. The van der Waals surface area contributed by atoms with Crippen LogP contribution in [0.4, 0.5) is 0 Å². The number of allylic oxidation sites excluding steroid dienone is 2. The van der Waals surface area contributed by atoms with Crippen molar-refractivity contribution in [2.45, 2.75) is 40.3 Å². The molecule has 0 aromatic carbocycles. The molecule has 1 rings (SSSR count). The number of hydrogen-bond acceptors (Lipinski definition) is 1. The quantitative estimate of drug-likeness (QED) is 0.657. The van der Waals surface area contributed by atoms with Crippen LogP contribution in [0, 0.1) is 5.41 Å². The number of hydrogen-bond donors (Lipinski definition) is 1. The molecule has 1 aliphatic rings. The van der Waals surface area contributed by atoms with Gasteiger partial charge in [0.25, 0.3) is 0 Å². The first-order chi connectivity index (χ1) is 6.02. The summed E-state index contributed by atoms with van der Waals surface area (Å²) < 4.78 is 5.67. The van der Waals surface area contributed by atoms with Gasteiger partial charge < -0.3 is 10.1 Å². The van der Waals surface area contributed by atoms with Gasteiger partial charge in [0.15, 0.2) is 6.23 Å². The third kappa shape index (κ3) is 3.12. The lowest BCUT2D eigenvalue weighted by Gasteiger charge is -2.26. The molecule has 2 nitrogen and oxygen atoms in total. The van der Waals surface area contributed by atoms with Crippen LogP contribution in [0.1, 0.15) is 34.1 Å². The fourth-order valence-electron chi connectivity index (χ4n) is 1.61. The molecule has 1 saturated heterocycles. The summed E-state index contributed by atoms with van der Waals surface area (Å²) in [5.74, 6) is 0. The van der Waals surface area contributed by atoms with Gasteiger partial charge in [-0.05, 0) is 20.3 Å². The van der Waals surface area contributed by atoms with Gasteiger partial charge in [-0.25, -0.2) is 0 Å². The van der Waals surface area contributed by atoms with Gasteiger partial charge >= 0.3 is 0 Å². The summed E-state index contributed by atoms with van der Waals surface area (Å²) in [6.07, 6.45) is 3.76. The summed E-state index contributed by atoms with van der Waals surface area (Å²) in [6, 6.07) is 0. The molecule has 0 saturated carbocycles.